The molecule has 90 valence electrons. The van der Waals surface area contributed by atoms with Crippen LogP contribution in [-0.4, -0.2) is 5.71 Å². The SMILES string of the molecule is CC.CC(C)C(C)(C)C(=N)c1ccccc1. The molecular formula is C15H25N. The molecule has 0 atom stereocenters. The molecule has 16 heavy (non-hydrogen) atoms. The molecule has 0 fully saturated rings. The summed E-state index contributed by atoms with van der Waals surface area (Å²) in [6.07, 6.45) is 0. The van der Waals surface area contributed by atoms with E-state index < -0.39 is 0 Å². The second-order valence-corrected chi connectivity index (χ2v) is 4.62. The van der Waals surface area contributed by atoms with Crippen molar-refractivity contribution in [2.45, 2.75) is 41.5 Å². The van der Waals surface area contributed by atoms with E-state index in [1.54, 1.807) is 0 Å². The quantitative estimate of drug-likeness (QED) is 0.708. The molecule has 1 rings (SSSR count). The smallest absolute Gasteiger partial charge is 0.0444 e. The molecule has 0 saturated heterocycles. The first-order valence-corrected chi connectivity index (χ1v) is 6.10. The monoisotopic (exact) mass is 219 g/mol. The van der Waals surface area contributed by atoms with Gasteiger partial charge in [0.05, 0.1) is 0 Å². The Morgan fingerprint density at radius 3 is 1.88 bits per heavy atom. The van der Waals surface area contributed by atoms with Crippen LogP contribution in [0.4, 0.5) is 0 Å². The largest absolute Gasteiger partial charge is 0.304 e. The molecule has 0 amide bonds. The van der Waals surface area contributed by atoms with Gasteiger partial charge < -0.3 is 5.41 Å². The number of hydrogen-bond donors (Lipinski definition) is 1. The maximum Gasteiger partial charge on any atom is 0.0444 e. The average molecular weight is 219 g/mol. The lowest BCUT2D eigenvalue weighted by molar-refractivity contribution is 0.364. The summed E-state index contributed by atoms with van der Waals surface area (Å²) in [4.78, 5) is 0. The molecule has 0 aliphatic carbocycles. The van der Waals surface area contributed by atoms with Crippen molar-refractivity contribution >= 4 is 5.71 Å². The summed E-state index contributed by atoms with van der Waals surface area (Å²) < 4.78 is 0. The van der Waals surface area contributed by atoms with Gasteiger partial charge in [0.25, 0.3) is 0 Å². The molecule has 1 aromatic rings. The maximum atomic E-state index is 8.16. The summed E-state index contributed by atoms with van der Waals surface area (Å²) in [7, 11) is 0. The fourth-order valence-corrected chi connectivity index (χ4v) is 1.27. The second kappa shape index (κ2) is 6.47. The van der Waals surface area contributed by atoms with Crippen molar-refractivity contribution in [1.82, 2.24) is 0 Å². The third-order valence-corrected chi connectivity index (χ3v) is 3.15. The molecule has 0 radical (unpaired) electrons. The highest BCUT2D eigenvalue weighted by atomic mass is 14.5. The van der Waals surface area contributed by atoms with E-state index in [2.05, 4.69) is 27.7 Å². The highest BCUT2D eigenvalue weighted by Crippen LogP contribution is 2.30. The van der Waals surface area contributed by atoms with Gasteiger partial charge in [-0.05, 0) is 11.5 Å². The van der Waals surface area contributed by atoms with Gasteiger partial charge in [-0.25, -0.2) is 0 Å². The maximum absolute atomic E-state index is 8.16. The standard InChI is InChI=1S/C13H19N.C2H6/c1-10(2)13(3,4)12(14)11-8-6-5-7-9-11;1-2/h5-10,14H,1-4H3;1-2H3. The van der Waals surface area contributed by atoms with E-state index >= 15 is 0 Å². The summed E-state index contributed by atoms with van der Waals surface area (Å²) >= 11 is 0. The number of benzene rings is 1. The van der Waals surface area contributed by atoms with Gasteiger partial charge in [0.15, 0.2) is 0 Å². The lowest BCUT2D eigenvalue weighted by Gasteiger charge is -2.30. The first-order valence-electron chi connectivity index (χ1n) is 6.10. The fraction of sp³-hybridized carbons (Fsp3) is 0.533. The van der Waals surface area contributed by atoms with Gasteiger partial charge in [0.2, 0.25) is 0 Å². The predicted molar refractivity (Wildman–Crippen MR) is 73.2 cm³/mol. The predicted octanol–water partition coefficient (Wildman–Crippen LogP) is 4.76. The highest BCUT2D eigenvalue weighted by Gasteiger charge is 2.28. The van der Waals surface area contributed by atoms with Crippen molar-refractivity contribution in [2.24, 2.45) is 11.3 Å². The second-order valence-electron chi connectivity index (χ2n) is 4.62. The van der Waals surface area contributed by atoms with E-state index in [-0.39, 0.29) is 5.41 Å². The molecule has 0 aromatic heterocycles. The number of nitrogens with one attached hydrogen (secondary N) is 1. The highest BCUT2D eigenvalue weighted by molar-refractivity contribution is 6.02. The minimum Gasteiger partial charge on any atom is -0.304 e. The molecule has 0 aliphatic rings. The van der Waals surface area contributed by atoms with Crippen LogP contribution in [0.5, 0.6) is 0 Å². The van der Waals surface area contributed by atoms with E-state index in [0.717, 1.165) is 11.3 Å². The van der Waals surface area contributed by atoms with Crippen LogP contribution in [0, 0.1) is 16.7 Å². The van der Waals surface area contributed by atoms with Crippen molar-refractivity contribution in [3.05, 3.63) is 35.9 Å². The zero-order valence-corrected chi connectivity index (χ0v) is 11.5. The van der Waals surface area contributed by atoms with Crippen molar-refractivity contribution in [1.29, 1.82) is 5.41 Å². The van der Waals surface area contributed by atoms with Crippen molar-refractivity contribution in [3.8, 4) is 0 Å². The van der Waals surface area contributed by atoms with Gasteiger partial charge >= 0.3 is 0 Å². The summed E-state index contributed by atoms with van der Waals surface area (Å²) in [5.74, 6) is 0.482. The minimum atomic E-state index is -0.0542. The molecule has 1 N–H and O–H groups in total. The van der Waals surface area contributed by atoms with E-state index in [9.17, 15) is 0 Å². The van der Waals surface area contributed by atoms with Crippen LogP contribution in [0.25, 0.3) is 0 Å². The third-order valence-electron chi connectivity index (χ3n) is 3.15. The van der Waals surface area contributed by atoms with Gasteiger partial charge in [-0.1, -0.05) is 71.9 Å². The van der Waals surface area contributed by atoms with Crippen LogP contribution in [0.3, 0.4) is 0 Å². The van der Waals surface area contributed by atoms with E-state index in [4.69, 9.17) is 5.41 Å². The Balaban J connectivity index is 0.00000106. The van der Waals surface area contributed by atoms with Gasteiger partial charge in [0.1, 0.15) is 0 Å². The van der Waals surface area contributed by atoms with Crippen molar-refractivity contribution < 1.29 is 0 Å². The Morgan fingerprint density at radius 1 is 1.06 bits per heavy atom. The molecule has 1 nitrogen and oxygen atoms in total. The summed E-state index contributed by atoms with van der Waals surface area (Å²) in [6, 6.07) is 9.97. The van der Waals surface area contributed by atoms with Crippen molar-refractivity contribution in [3.63, 3.8) is 0 Å². The third kappa shape index (κ3) is 3.48. The van der Waals surface area contributed by atoms with Gasteiger partial charge in [-0.3, -0.25) is 0 Å². The Labute approximate surface area is 100 Å². The number of rotatable bonds is 3. The first-order chi connectivity index (χ1) is 7.46. The molecule has 0 saturated carbocycles. The average Bonchev–Trinajstić information content (AvgIpc) is 2.31. The zero-order chi connectivity index (χ0) is 12.8. The molecule has 0 spiro atoms. The molecule has 1 heteroatoms. The molecule has 0 bridgehead atoms. The van der Waals surface area contributed by atoms with Crippen LogP contribution in [-0.2, 0) is 0 Å². The van der Waals surface area contributed by atoms with E-state index in [0.29, 0.717) is 5.92 Å². The first kappa shape index (κ1) is 14.9. The lowest BCUT2D eigenvalue weighted by atomic mass is 9.74. The fourth-order valence-electron chi connectivity index (χ4n) is 1.27. The molecule has 0 unspecified atom stereocenters. The Hall–Kier alpha value is -1.11. The van der Waals surface area contributed by atoms with Crippen molar-refractivity contribution in [2.75, 3.05) is 0 Å². The minimum absolute atomic E-state index is 0.0542. The summed E-state index contributed by atoms with van der Waals surface area (Å²) in [5, 5.41) is 8.16. The Kier molecular flexibility index (Phi) is 6.02. The molecule has 0 heterocycles. The van der Waals surface area contributed by atoms with Crippen LogP contribution in [0.15, 0.2) is 30.3 Å². The molecular weight excluding hydrogens is 194 g/mol. The Bertz CT molecular complexity index is 309. The van der Waals surface area contributed by atoms with Gasteiger partial charge in [-0.15, -0.1) is 0 Å². The Morgan fingerprint density at radius 2 is 1.50 bits per heavy atom. The zero-order valence-electron chi connectivity index (χ0n) is 11.5. The lowest BCUT2D eigenvalue weighted by Crippen LogP contribution is -2.29. The summed E-state index contributed by atoms with van der Waals surface area (Å²) in [5.41, 5.74) is 1.71. The van der Waals surface area contributed by atoms with Crippen LogP contribution < -0.4 is 0 Å². The molecule has 0 aliphatic heterocycles. The topological polar surface area (TPSA) is 23.9 Å². The molecule has 1 aromatic carbocycles. The van der Waals surface area contributed by atoms with Crippen LogP contribution in [0.1, 0.15) is 47.1 Å². The van der Waals surface area contributed by atoms with E-state index in [1.165, 1.54) is 0 Å². The van der Waals surface area contributed by atoms with Crippen LogP contribution in [0.2, 0.25) is 0 Å². The van der Waals surface area contributed by atoms with Crippen LogP contribution >= 0.6 is 0 Å². The normalized spacial score (nSPS) is 10.7. The van der Waals surface area contributed by atoms with E-state index in [1.807, 2.05) is 44.2 Å². The number of hydrogen-bond acceptors (Lipinski definition) is 1. The summed E-state index contributed by atoms with van der Waals surface area (Å²) in [6.45, 7) is 12.6. The van der Waals surface area contributed by atoms with Gasteiger partial charge in [-0.2, -0.15) is 0 Å². The van der Waals surface area contributed by atoms with Gasteiger partial charge in [0, 0.05) is 11.1 Å².